The van der Waals surface area contributed by atoms with Crippen LogP contribution < -0.4 is 10.2 Å². The summed E-state index contributed by atoms with van der Waals surface area (Å²) in [5.41, 5.74) is 2.63. The number of hydrogen-bond acceptors (Lipinski definition) is 3. The summed E-state index contributed by atoms with van der Waals surface area (Å²) in [5.74, 6) is 0.896. The largest absolute Gasteiger partial charge is 0.373 e. The van der Waals surface area contributed by atoms with Crippen molar-refractivity contribution in [3.05, 3.63) is 24.0 Å². The average Bonchev–Trinajstić information content (AvgIpc) is 2.31. The molecule has 0 radical (unpaired) electrons. The molecule has 2 rings (SSSR count). The molecule has 1 saturated carbocycles. The molecule has 1 aromatic heterocycles. The van der Waals surface area contributed by atoms with Gasteiger partial charge in [0.1, 0.15) is 0 Å². The molecule has 1 aromatic rings. The Balaban J connectivity index is 2.01. The molecular weight excluding hydrogens is 210 g/mol. The molecule has 17 heavy (non-hydrogen) atoms. The number of rotatable bonds is 6. The van der Waals surface area contributed by atoms with Crippen LogP contribution in [0.15, 0.2) is 18.5 Å². The fourth-order valence-electron chi connectivity index (χ4n) is 2.33. The summed E-state index contributed by atoms with van der Waals surface area (Å²) in [4.78, 5) is 6.62. The lowest BCUT2D eigenvalue weighted by Crippen LogP contribution is -2.30. The van der Waals surface area contributed by atoms with Crippen LogP contribution >= 0.6 is 0 Å². The summed E-state index contributed by atoms with van der Waals surface area (Å²) >= 11 is 0. The molecule has 0 saturated heterocycles. The molecule has 0 unspecified atom stereocenters. The van der Waals surface area contributed by atoms with E-state index in [9.17, 15) is 0 Å². The van der Waals surface area contributed by atoms with E-state index in [-0.39, 0.29) is 0 Å². The van der Waals surface area contributed by atoms with Crippen LogP contribution in [0.5, 0.6) is 0 Å². The quantitative estimate of drug-likeness (QED) is 0.818. The predicted octanol–water partition coefficient (Wildman–Crippen LogP) is 2.43. The van der Waals surface area contributed by atoms with E-state index in [0.29, 0.717) is 0 Å². The Hall–Kier alpha value is -1.09. The SMILES string of the molecule is CCNCc1ccncc1N(C)CC1CCC1. The van der Waals surface area contributed by atoms with Gasteiger partial charge in [0.25, 0.3) is 0 Å². The van der Waals surface area contributed by atoms with Gasteiger partial charge in [-0.15, -0.1) is 0 Å². The Morgan fingerprint density at radius 2 is 2.29 bits per heavy atom. The van der Waals surface area contributed by atoms with Crippen LogP contribution in [-0.2, 0) is 6.54 Å². The molecule has 0 aliphatic heterocycles. The number of anilines is 1. The summed E-state index contributed by atoms with van der Waals surface area (Å²) in [6.07, 6.45) is 8.08. The monoisotopic (exact) mass is 233 g/mol. The lowest BCUT2D eigenvalue weighted by atomic mass is 9.85. The van der Waals surface area contributed by atoms with E-state index in [0.717, 1.165) is 19.0 Å². The normalized spacial score (nSPS) is 15.6. The smallest absolute Gasteiger partial charge is 0.0595 e. The molecule has 0 bridgehead atoms. The average molecular weight is 233 g/mol. The first-order chi connectivity index (χ1) is 8.31. The Morgan fingerprint density at radius 1 is 1.47 bits per heavy atom. The second kappa shape index (κ2) is 6.01. The van der Waals surface area contributed by atoms with Gasteiger partial charge in [-0.2, -0.15) is 0 Å². The Labute approximate surface area is 104 Å². The second-order valence-electron chi connectivity index (χ2n) is 4.96. The minimum atomic E-state index is 0.896. The first kappa shape index (κ1) is 12.4. The maximum atomic E-state index is 4.26. The number of nitrogens with one attached hydrogen (secondary N) is 1. The van der Waals surface area contributed by atoms with Crippen molar-refractivity contribution in [3.63, 3.8) is 0 Å². The molecule has 0 aromatic carbocycles. The van der Waals surface area contributed by atoms with Crippen molar-refractivity contribution in [1.29, 1.82) is 0 Å². The van der Waals surface area contributed by atoms with E-state index in [1.807, 2.05) is 12.4 Å². The zero-order valence-corrected chi connectivity index (χ0v) is 10.9. The van der Waals surface area contributed by atoms with Crippen LogP contribution in [0.3, 0.4) is 0 Å². The van der Waals surface area contributed by atoms with E-state index in [1.54, 1.807) is 0 Å². The van der Waals surface area contributed by atoms with Crippen molar-refractivity contribution in [2.24, 2.45) is 5.92 Å². The lowest BCUT2D eigenvalue weighted by molar-refractivity contribution is 0.321. The molecule has 3 nitrogen and oxygen atoms in total. The maximum absolute atomic E-state index is 4.26. The van der Waals surface area contributed by atoms with Gasteiger partial charge in [0.2, 0.25) is 0 Å². The van der Waals surface area contributed by atoms with Crippen LogP contribution in [-0.4, -0.2) is 25.1 Å². The van der Waals surface area contributed by atoms with Gasteiger partial charge >= 0.3 is 0 Å². The second-order valence-corrected chi connectivity index (χ2v) is 4.96. The van der Waals surface area contributed by atoms with Crippen molar-refractivity contribution in [1.82, 2.24) is 10.3 Å². The van der Waals surface area contributed by atoms with E-state index in [4.69, 9.17) is 0 Å². The number of hydrogen-bond donors (Lipinski definition) is 1. The Kier molecular flexibility index (Phi) is 4.37. The molecular formula is C14H23N3. The zero-order valence-electron chi connectivity index (χ0n) is 10.9. The van der Waals surface area contributed by atoms with Crippen LogP contribution in [0.1, 0.15) is 31.7 Å². The molecule has 1 heterocycles. The fraction of sp³-hybridized carbons (Fsp3) is 0.643. The third-order valence-electron chi connectivity index (χ3n) is 3.62. The molecule has 0 amide bonds. The van der Waals surface area contributed by atoms with Gasteiger partial charge in [-0.25, -0.2) is 0 Å². The summed E-state index contributed by atoms with van der Waals surface area (Å²) in [7, 11) is 2.19. The molecule has 1 aliphatic rings. The standard InChI is InChI=1S/C14H23N3/c1-3-15-9-13-7-8-16-10-14(13)17(2)11-12-5-4-6-12/h7-8,10,12,15H,3-6,9,11H2,1-2H3. The summed E-state index contributed by atoms with van der Waals surface area (Å²) in [5, 5.41) is 3.39. The first-order valence-electron chi connectivity index (χ1n) is 6.66. The van der Waals surface area contributed by atoms with E-state index >= 15 is 0 Å². The molecule has 1 aliphatic carbocycles. The minimum Gasteiger partial charge on any atom is -0.373 e. The van der Waals surface area contributed by atoms with E-state index in [2.05, 4.69) is 35.2 Å². The van der Waals surface area contributed by atoms with Crippen molar-refractivity contribution in [2.75, 3.05) is 25.0 Å². The van der Waals surface area contributed by atoms with Crippen molar-refractivity contribution < 1.29 is 0 Å². The van der Waals surface area contributed by atoms with Crippen LogP contribution in [0.4, 0.5) is 5.69 Å². The van der Waals surface area contributed by atoms with Crippen LogP contribution in [0, 0.1) is 5.92 Å². The number of nitrogens with zero attached hydrogens (tertiary/aromatic N) is 2. The van der Waals surface area contributed by atoms with Gasteiger partial charge in [0.15, 0.2) is 0 Å². The lowest BCUT2D eigenvalue weighted by Gasteiger charge is -2.32. The zero-order chi connectivity index (χ0) is 12.1. The van der Waals surface area contributed by atoms with Gasteiger partial charge in [-0.3, -0.25) is 4.98 Å². The third kappa shape index (κ3) is 3.19. The van der Waals surface area contributed by atoms with Gasteiger partial charge in [0.05, 0.1) is 11.9 Å². The summed E-state index contributed by atoms with van der Waals surface area (Å²) < 4.78 is 0. The van der Waals surface area contributed by atoms with Crippen molar-refractivity contribution in [2.45, 2.75) is 32.7 Å². The fourth-order valence-corrected chi connectivity index (χ4v) is 2.33. The molecule has 1 fully saturated rings. The molecule has 1 N–H and O–H groups in total. The van der Waals surface area contributed by atoms with E-state index < -0.39 is 0 Å². The van der Waals surface area contributed by atoms with Gasteiger partial charge < -0.3 is 10.2 Å². The minimum absolute atomic E-state index is 0.896. The molecule has 94 valence electrons. The summed E-state index contributed by atoms with van der Waals surface area (Å²) in [6, 6.07) is 2.12. The highest BCUT2D eigenvalue weighted by atomic mass is 15.1. The molecule has 3 heteroatoms. The van der Waals surface area contributed by atoms with Crippen LogP contribution in [0.2, 0.25) is 0 Å². The molecule has 0 spiro atoms. The first-order valence-corrected chi connectivity index (χ1v) is 6.66. The Bertz CT molecular complexity index is 347. The van der Waals surface area contributed by atoms with Gasteiger partial charge in [-0.1, -0.05) is 13.3 Å². The van der Waals surface area contributed by atoms with Crippen molar-refractivity contribution >= 4 is 5.69 Å². The highest BCUT2D eigenvalue weighted by Crippen LogP contribution is 2.29. The van der Waals surface area contributed by atoms with Gasteiger partial charge in [0, 0.05) is 26.3 Å². The highest BCUT2D eigenvalue weighted by Gasteiger charge is 2.20. The predicted molar refractivity (Wildman–Crippen MR) is 72.2 cm³/mol. The maximum Gasteiger partial charge on any atom is 0.0595 e. The topological polar surface area (TPSA) is 28.2 Å². The number of pyridine rings is 1. The van der Waals surface area contributed by atoms with E-state index in [1.165, 1.54) is 37.1 Å². The highest BCUT2D eigenvalue weighted by molar-refractivity contribution is 5.51. The third-order valence-corrected chi connectivity index (χ3v) is 3.62. The Morgan fingerprint density at radius 3 is 2.94 bits per heavy atom. The van der Waals surface area contributed by atoms with Gasteiger partial charge in [-0.05, 0) is 36.9 Å². The van der Waals surface area contributed by atoms with Crippen molar-refractivity contribution in [3.8, 4) is 0 Å². The number of aromatic nitrogens is 1. The summed E-state index contributed by atoms with van der Waals surface area (Å²) in [6.45, 7) is 5.25. The molecule has 0 atom stereocenters. The van der Waals surface area contributed by atoms with Crippen LogP contribution in [0.25, 0.3) is 0 Å².